The fourth-order valence-corrected chi connectivity index (χ4v) is 3.67. The van der Waals surface area contributed by atoms with Crippen molar-refractivity contribution < 1.29 is 23.7 Å². The first kappa shape index (κ1) is 17.9. The van der Waals surface area contributed by atoms with Gasteiger partial charge < -0.3 is 23.9 Å². The van der Waals surface area contributed by atoms with Gasteiger partial charge in [-0.05, 0) is 18.2 Å². The average molecular weight is 381 g/mol. The summed E-state index contributed by atoms with van der Waals surface area (Å²) < 4.78 is 21.7. The van der Waals surface area contributed by atoms with E-state index in [-0.39, 0.29) is 17.7 Å². The SMILES string of the molecule is COc1cc(OC)c([C@H]2CC(=O)Oc3c2c(=O)[nH]c2ccccc32)cc1OC. The molecule has 7 nitrogen and oxygen atoms in total. The molecule has 0 amide bonds. The topological polar surface area (TPSA) is 86.9 Å². The van der Waals surface area contributed by atoms with Crippen LogP contribution in [-0.4, -0.2) is 32.3 Å². The number of methoxy groups -OCH3 is 3. The van der Waals surface area contributed by atoms with Gasteiger partial charge >= 0.3 is 5.97 Å². The number of hydrogen-bond acceptors (Lipinski definition) is 6. The number of ether oxygens (including phenoxy) is 4. The third-order valence-electron chi connectivity index (χ3n) is 4.96. The highest BCUT2D eigenvalue weighted by atomic mass is 16.5. The second kappa shape index (κ2) is 6.92. The van der Waals surface area contributed by atoms with Gasteiger partial charge in [0.2, 0.25) is 0 Å². The van der Waals surface area contributed by atoms with E-state index >= 15 is 0 Å². The molecule has 0 fully saturated rings. The van der Waals surface area contributed by atoms with E-state index in [0.717, 1.165) is 0 Å². The molecule has 0 spiro atoms. The lowest BCUT2D eigenvalue weighted by atomic mass is 9.85. The molecule has 0 saturated carbocycles. The predicted octanol–water partition coefficient (Wildman–Crippen LogP) is 2.99. The number of nitrogens with one attached hydrogen (secondary N) is 1. The largest absolute Gasteiger partial charge is 0.496 e. The third-order valence-corrected chi connectivity index (χ3v) is 4.96. The van der Waals surface area contributed by atoms with Crippen molar-refractivity contribution in [3.8, 4) is 23.0 Å². The molecule has 1 aromatic heterocycles. The van der Waals surface area contributed by atoms with Gasteiger partial charge in [0, 0.05) is 22.9 Å². The van der Waals surface area contributed by atoms with Gasteiger partial charge in [-0.15, -0.1) is 0 Å². The Bertz CT molecular complexity index is 1130. The number of carbonyl (C=O) groups excluding carboxylic acids is 1. The van der Waals surface area contributed by atoms with Crippen molar-refractivity contribution in [2.45, 2.75) is 12.3 Å². The van der Waals surface area contributed by atoms with E-state index in [0.29, 0.717) is 39.3 Å². The van der Waals surface area contributed by atoms with Crippen LogP contribution in [0.2, 0.25) is 0 Å². The first-order valence-corrected chi connectivity index (χ1v) is 8.72. The van der Waals surface area contributed by atoms with Crippen LogP contribution in [0.3, 0.4) is 0 Å². The average Bonchev–Trinajstić information content (AvgIpc) is 2.72. The van der Waals surface area contributed by atoms with Crippen LogP contribution >= 0.6 is 0 Å². The maximum Gasteiger partial charge on any atom is 0.312 e. The summed E-state index contributed by atoms with van der Waals surface area (Å²) in [6.45, 7) is 0. The predicted molar refractivity (Wildman–Crippen MR) is 103 cm³/mol. The molecule has 4 rings (SSSR count). The Hall–Kier alpha value is -3.48. The number of esters is 1. The normalized spacial score (nSPS) is 15.7. The van der Waals surface area contributed by atoms with E-state index in [2.05, 4.69) is 4.98 Å². The first-order valence-electron chi connectivity index (χ1n) is 8.72. The molecular weight excluding hydrogens is 362 g/mol. The molecule has 1 N–H and O–H groups in total. The van der Waals surface area contributed by atoms with Gasteiger partial charge in [-0.25, -0.2) is 0 Å². The van der Waals surface area contributed by atoms with Gasteiger partial charge in [-0.1, -0.05) is 12.1 Å². The lowest BCUT2D eigenvalue weighted by Gasteiger charge is -2.26. The summed E-state index contributed by atoms with van der Waals surface area (Å²) in [6.07, 6.45) is 0.0142. The van der Waals surface area contributed by atoms with E-state index < -0.39 is 11.9 Å². The Kier molecular flexibility index (Phi) is 4.43. The maximum atomic E-state index is 12.9. The smallest absolute Gasteiger partial charge is 0.312 e. The van der Waals surface area contributed by atoms with Gasteiger partial charge in [0.15, 0.2) is 11.5 Å². The van der Waals surface area contributed by atoms with Gasteiger partial charge in [-0.3, -0.25) is 9.59 Å². The Labute approximate surface area is 160 Å². The van der Waals surface area contributed by atoms with Gasteiger partial charge in [-0.2, -0.15) is 0 Å². The highest BCUT2D eigenvalue weighted by molar-refractivity contribution is 5.91. The summed E-state index contributed by atoms with van der Waals surface area (Å²) >= 11 is 0. The lowest BCUT2D eigenvalue weighted by Crippen LogP contribution is -2.28. The second-order valence-corrected chi connectivity index (χ2v) is 6.42. The minimum atomic E-state index is -0.542. The maximum absolute atomic E-state index is 12.9. The summed E-state index contributed by atoms with van der Waals surface area (Å²) in [4.78, 5) is 28.2. The van der Waals surface area contributed by atoms with Crippen molar-refractivity contribution in [1.82, 2.24) is 4.98 Å². The van der Waals surface area contributed by atoms with E-state index in [4.69, 9.17) is 18.9 Å². The molecule has 1 aliphatic heterocycles. The number of benzene rings is 2. The standard InChI is InChI=1S/C21H19NO6/c1-25-15-10-17(27-3)16(26-2)8-12(15)13-9-18(23)28-20-11-6-4-5-7-14(11)22-21(24)19(13)20/h4-8,10,13H,9H2,1-3H3,(H,22,24)/t13-/m1/s1. The number of aromatic nitrogens is 1. The number of carbonyl (C=O) groups is 1. The van der Waals surface area contributed by atoms with Gasteiger partial charge in [0.1, 0.15) is 11.5 Å². The molecule has 2 heterocycles. The van der Waals surface area contributed by atoms with Crippen LogP contribution in [0.5, 0.6) is 23.0 Å². The summed E-state index contributed by atoms with van der Waals surface area (Å²) in [5, 5.41) is 0.676. The zero-order chi connectivity index (χ0) is 19.8. The van der Waals surface area contributed by atoms with Crippen LogP contribution in [-0.2, 0) is 4.79 Å². The number of rotatable bonds is 4. The molecule has 2 aromatic carbocycles. The molecular formula is C21H19NO6. The third kappa shape index (κ3) is 2.76. The number of pyridine rings is 1. The van der Waals surface area contributed by atoms with Crippen LogP contribution in [0, 0.1) is 0 Å². The van der Waals surface area contributed by atoms with Crippen molar-refractivity contribution >= 4 is 16.9 Å². The van der Waals surface area contributed by atoms with Crippen molar-refractivity contribution in [2.75, 3.05) is 21.3 Å². The Morgan fingerprint density at radius 3 is 2.36 bits per heavy atom. The van der Waals surface area contributed by atoms with Gasteiger partial charge in [0.05, 0.1) is 38.8 Å². The van der Waals surface area contributed by atoms with Crippen LogP contribution < -0.4 is 24.5 Å². The van der Waals surface area contributed by atoms with Crippen LogP contribution in [0.15, 0.2) is 41.2 Å². The number of aromatic amines is 1. The van der Waals surface area contributed by atoms with Crippen molar-refractivity contribution in [2.24, 2.45) is 0 Å². The highest BCUT2D eigenvalue weighted by Crippen LogP contribution is 2.45. The second-order valence-electron chi connectivity index (χ2n) is 6.42. The van der Waals surface area contributed by atoms with Crippen molar-refractivity contribution in [3.63, 3.8) is 0 Å². The number of fused-ring (bicyclic) bond motifs is 3. The molecule has 0 radical (unpaired) electrons. The quantitative estimate of drug-likeness (QED) is 0.699. The molecule has 0 unspecified atom stereocenters. The molecule has 0 saturated heterocycles. The summed E-state index contributed by atoms with van der Waals surface area (Å²) in [5.41, 5.74) is 1.35. The first-order chi connectivity index (χ1) is 13.6. The molecule has 0 aliphatic carbocycles. The molecule has 28 heavy (non-hydrogen) atoms. The summed E-state index contributed by atoms with van der Waals surface area (Å²) in [5.74, 6) is 0.808. The molecule has 1 aliphatic rings. The number of hydrogen-bond donors (Lipinski definition) is 1. The van der Waals surface area contributed by atoms with Crippen LogP contribution in [0.1, 0.15) is 23.5 Å². The fraction of sp³-hybridized carbons (Fsp3) is 0.238. The summed E-state index contributed by atoms with van der Waals surface area (Å²) in [7, 11) is 4.58. The van der Waals surface area contributed by atoms with Crippen LogP contribution in [0.25, 0.3) is 10.9 Å². The fourth-order valence-electron chi connectivity index (χ4n) is 3.67. The molecule has 144 valence electrons. The highest BCUT2D eigenvalue weighted by Gasteiger charge is 2.35. The zero-order valence-electron chi connectivity index (χ0n) is 15.7. The van der Waals surface area contributed by atoms with Crippen molar-refractivity contribution in [1.29, 1.82) is 0 Å². The lowest BCUT2D eigenvalue weighted by molar-refractivity contribution is -0.135. The zero-order valence-corrected chi connectivity index (χ0v) is 15.7. The summed E-state index contributed by atoms with van der Waals surface area (Å²) in [6, 6.07) is 10.6. The van der Waals surface area contributed by atoms with E-state index in [1.165, 1.54) is 21.3 Å². The molecule has 7 heteroatoms. The minimum Gasteiger partial charge on any atom is -0.496 e. The minimum absolute atomic E-state index is 0.0142. The Morgan fingerprint density at radius 1 is 0.964 bits per heavy atom. The Balaban J connectivity index is 2.00. The van der Waals surface area contributed by atoms with Crippen LogP contribution in [0.4, 0.5) is 0 Å². The Morgan fingerprint density at radius 2 is 1.64 bits per heavy atom. The molecule has 0 bridgehead atoms. The van der Waals surface area contributed by atoms with Crippen molar-refractivity contribution in [3.05, 3.63) is 57.9 Å². The molecule has 1 atom stereocenters. The monoisotopic (exact) mass is 381 g/mol. The molecule has 3 aromatic rings. The van der Waals surface area contributed by atoms with Gasteiger partial charge in [0.25, 0.3) is 5.56 Å². The number of para-hydroxylation sites is 1. The van der Waals surface area contributed by atoms with E-state index in [9.17, 15) is 9.59 Å². The van der Waals surface area contributed by atoms with E-state index in [1.54, 1.807) is 18.2 Å². The van der Waals surface area contributed by atoms with E-state index in [1.807, 2.05) is 18.2 Å². The number of H-pyrrole nitrogens is 1.